The Kier molecular flexibility index (Phi) is 78.2. The molecule has 0 aliphatic rings. The van der Waals surface area contributed by atoms with Crippen LogP contribution >= 0.6 is 0 Å². The van der Waals surface area contributed by atoms with E-state index in [-0.39, 0.29) is 32.2 Å². The molecule has 2 atom stereocenters. The number of hydrogen-bond donors (Lipinski definition) is 0. The van der Waals surface area contributed by atoms with Crippen LogP contribution in [-0.2, 0) is 33.3 Å². The number of nitrogens with zero attached hydrogens (tertiary/aromatic N) is 1. The fourth-order valence-corrected chi connectivity index (χ4v) is 13.1. The molecule has 9 nitrogen and oxygen atoms in total. The normalized spacial score (nSPS) is 12.9. The van der Waals surface area contributed by atoms with Crippen LogP contribution in [0.15, 0.2) is 60.8 Å². The van der Waals surface area contributed by atoms with Crippen LogP contribution in [0.3, 0.4) is 0 Å². The molecule has 0 heterocycles. The number of carbonyl (C=O) groups is 3. The van der Waals surface area contributed by atoms with Gasteiger partial charge in [-0.3, -0.25) is 9.59 Å². The second-order valence-corrected chi connectivity index (χ2v) is 30.8. The summed E-state index contributed by atoms with van der Waals surface area (Å²) in [6, 6.07) is 0. The Morgan fingerprint density at radius 1 is 0.303 bits per heavy atom. The van der Waals surface area contributed by atoms with Crippen molar-refractivity contribution in [1.82, 2.24) is 0 Å². The number of quaternary nitrogens is 1. The highest BCUT2D eigenvalue weighted by atomic mass is 16.7. The summed E-state index contributed by atoms with van der Waals surface area (Å²) < 4.78 is 22.9. The predicted molar refractivity (Wildman–Crippen MR) is 426 cm³/mol. The number of ether oxygens (including phenoxy) is 4. The van der Waals surface area contributed by atoms with E-state index >= 15 is 0 Å². The van der Waals surface area contributed by atoms with Crippen molar-refractivity contribution in [2.24, 2.45) is 0 Å². The SMILES string of the molecule is CCCCCCC/C=C\C/C=C\C/C=C\CCCCCCCCCCCCCCCCCCCCCCCCCCC(=O)OC(COC(=O)CCCCCCCCCCCCCCCCCCCCCCCCC/C=C\C/C=C\CCCCCCC)COC(OCC[N+](C)(C)C)C(=O)[O-]. The molecule has 99 heavy (non-hydrogen) atoms. The lowest BCUT2D eigenvalue weighted by molar-refractivity contribution is -0.870. The van der Waals surface area contributed by atoms with Gasteiger partial charge in [0.25, 0.3) is 0 Å². The molecule has 0 fully saturated rings. The molecular formula is C90H167NO8. The summed E-state index contributed by atoms with van der Waals surface area (Å²) in [5, 5.41) is 11.9. The molecule has 0 aromatic heterocycles. The molecule has 0 aliphatic heterocycles. The third-order valence-corrected chi connectivity index (χ3v) is 19.7. The first-order chi connectivity index (χ1) is 48.6. The lowest BCUT2D eigenvalue weighted by atomic mass is 10.0. The van der Waals surface area contributed by atoms with Crippen LogP contribution < -0.4 is 5.11 Å². The standard InChI is InChI=1S/C90H167NO8/c1-6-8-10-12-14-16-18-20-22-24-26-28-30-32-34-36-38-40-42-43-44-45-47-49-51-53-55-57-59-61-63-65-67-69-71-73-75-77-79-81-88(93)99-86(85-98-90(89(94)95)96-83-82-91(3,4)5)84-97-87(92)80-78-76-74-72-70-68-66-64-62-60-58-56-54-52-50-48-46-41-39-37-35-33-31-29-27-25-23-21-19-17-15-13-11-9-7-2/h18-21,24-27,30,32,86,90H,6-17,22-23,28-29,31,33-85H2,1-5H3/b20-18-,21-19-,26-24-,27-25-,32-30-. The summed E-state index contributed by atoms with van der Waals surface area (Å²) in [5.41, 5.74) is 0. The van der Waals surface area contributed by atoms with Crippen molar-refractivity contribution in [1.29, 1.82) is 0 Å². The number of carbonyl (C=O) groups excluding carboxylic acids is 3. The predicted octanol–water partition coefficient (Wildman–Crippen LogP) is 26.8. The van der Waals surface area contributed by atoms with Crippen molar-refractivity contribution < 1.29 is 42.9 Å². The van der Waals surface area contributed by atoms with Gasteiger partial charge in [0.1, 0.15) is 13.2 Å². The largest absolute Gasteiger partial charge is 0.545 e. The molecule has 0 radical (unpaired) electrons. The molecule has 580 valence electrons. The Balaban J connectivity index is 3.93. The molecule has 0 spiro atoms. The van der Waals surface area contributed by atoms with Crippen LogP contribution in [0.5, 0.6) is 0 Å². The number of allylic oxidation sites excluding steroid dienone is 10. The minimum absolute atomic E-state index is 0.150. The first-order valence-electron chi connectivity index (χ1n) is 43.4. The van der Waals surface area contributed by atoms with Crippen molar-refractivity contribution in [3.05, 3.63) is 60.8 Å². The van der Waals surface area contributed by atoms with E-state index in [1.54, 1.807) is 0 Å². The number of unbranched alkanes of at least 4 members (excludes halogenated alkanes) is 57. The van der Waals surface area contributed by atoms with Crippen molar-refractivity contribution in [2.75, 3.05) is 47.5 Å². The highest BCUT2D eigenvalue weighted by Gasteiger charge is 2.22. The number of carboxylic acids is 1. The lowest BCUT2D eigenvalue weighted by Crippen LogP contribution is -2.44. The topological polar surface area (TPSA) is 111 Å². The van der Waals surface area contributed by atoms with Gasteiger partial charge in [-0.15, -0.1) is 0 Å². The number of hydrogen-bond acceptors (Lipinski definition) is 8. The van der Waals surface area contributed by atoms with E-state index in [1.807, 2.05) is 21.1 Å². The average molecular weight is 1390 g/mol. The van der Waals surface area contributed by atoms with E-state index in [2.05, 4.69) is 74.6 Å². The van der Waals surface area contributed by atoms with E-state index in [9.17, 15) is 19.5 Å². The fraction of sp³-hybridized carbons (Fsp3) is 0.856. The summed E-state index contributed by atoms with van der Waals surface area (Å²) in [5.74, 6) is -2.25. The Bertz CT molecular complexity index is 1820. The molecule has 0 saturated heterocycles. The summed E-state index contributed by atoms with van der Waals surface area (Å²) >= 11 is 0. The van der Waals surface area contributed by atoms with Crippen molar-refractivity contribution >= 4 is 17.9 Å². The average Bonchev–Trinajstić information content (AvgIpc) is 1.14. The van der Waals surface area contributed by atoms with Crippen LogP contribution in [0.25, 0.3) is 0 Å². The summed E-state index contributed by atoms with van der Waals surface area (Å²) in [6.07, 6.45) is 105. The van der Waals surface area contributed by atoms with Crippen LogP contribution in [-0.4, -0.2) is 82.3 Å². The molecule has 9 heteroatoms. The van der Waals surface area contributed by atoms with Gasteiger partial charge in [0, 0.05) is 12.8 Å². The van der Waals surface area contributed by atoms with Gasteiger partial charge in [-0.2, -0.15) is 0 Å². The minimum Gasteiger partial charge on any atom is -0.545 e. The number of esters is 2. The van der Waals surface area contributed by atoms with Crippen LogP contribution in [0.2, 0.25) is 0 Å². The molecule has 2 unspecified atom stereocenters. The fourth-order valence-electron chi connectivity index (χ4n) is 13.1. The molecule has 0 aromatic carbocycles. The monoisotopic (exact) mass is 1390 g/mol. The number of carboxylic acid groups (broad SMARTS) is 1. The number of rotatable bonds is 82. The maximum Gasteiger partial charge on any atom is 0.306 e. The third kappa shape index (κ3) is 82.2. The Labute approximate surface area is 615 Å². The molecule has 0 bridgehead atoms. The van der Waals surface area contributed by atoms with Gasteiger partial charge in [0.05, 0.1) is 40.3 Å². The van der Waals surface area contributed by atoms with Gasteiger partial charge < -0.3 is 33.3 Å². The van der Waals surface area contributed by atoms with Gasteiger partial charge >= 0.3 is 11.9 Å². The smallest absolute Gasteiger partial charge is 0.306 e. The molecule has 0 N–H and O–H groups in total. The quantitative estimate of drug-likeness (QED) is 0.0195. The highest BCUT2D eigenvalue weighted by Crippen LogP contribution is 2.20. The first-order valence-corrected chi connectivity index (χ1v) is 43.4. The Hall–Kier alpha value is -3.01. The summed E-state index contributed by atoms with van der Waals surface area (Å²) in [6.45, 7) is 4.80. The number of aliphatic carboxylic acids is 1. The Morgan fingerprint density at radius 3 is 0.808 bits per heavy atom. The first kappa shape index (κ1) is 96.0. The molecular weight excluding hydrogens is 1220 g/mol. The van der Waals surface area contributed by atoms with E-state index in [1.165, 1.54) is 353 Å². The lowest BCUT2D eigenvalue weighted by Gasteiger charge is -2.26. The maximum atomic E-state index is 13.0. The molecule has 0 rings (SSSR count). The van der Waals surface area contributed by atoms with E-state index in [0.717, 1.165) is 57.8 Å². The van der Waals surface area contributed by atoms with Gasteiger partial charge in [-0.05, 0) is 83.5 Å². The van der Waals surface area contributed by atoms with Crippen LogP contribution in [0.4, 0.5) is 0 Å². The third-order valence-electron chi connectivity index (χ3n) is 19.7. The van der Waals surface area contributed by atoms with Gasteiger partial charge in [-0.25, -0.2) is 0 Å². The van der Waals surface area contributed by atoms with E-state index in [0.29, 0.717) is 17.4 Å². The molecule has 0 aromatic rings. The van der Waals surface area contributed by atoms with Crippen LogP contribution in [0.1, 0.15) is 438 Å². The minimum atomic E-state index is -1.62. The molecule has 0 aliphatic carbocycles. The summed E-state index contributed by atoms with van der Waals surface area (Å²) in [7, 11) is 5.96. The van der Waals surface area contributed by atoms with Crippen molar-refractivity contribution in [3.8, 4) is 0 Å². The van der Waals surface area contributed by atoms with Crippen molar-refractivity contribution in [3.63, 3.8) is 0 Å². The maximum absolute atomic E-state index is 13.0. The zero-order valence-corrected chi connectivity index (χ0v) is 66.6. The van der Waals surface area contributed by atoms with E-state index in [4.69, 9.17) is 18.9 Å². The molecule has 0 saturated carbocycles. The number of likely N-dealkylation sites (N-methyl/N-ethyl adjacent to an activating group) is 1. The molecule has 0 amide bonds. The van der Waals surface area contributed by atoms with Gasteiger partial charge in [0.15, 0.2) is 12.4 Å². The van der Waals surface area contributed by atoms with Gasteiger partial charge in [0.2, 0.25) is 0 Å². The van der Waals surface area contributed by atoms with Gasteiger partial charge in [-0.1, -0.05) is 402 Å². The second kappa shape index (κ2) is 80.7. The van der Waals surface area contributed by atoms with Crippen LogP contribution in [0, 0.1) is 0 Å². The highest BCUT2D eigenvalue weighted by molar-refractivity contribution is 5.70. The second-order valence-electron chi connectivity index (χ2n) is 30.8. The zero-order valence-electron chi connectivity index (χ0n) is 66.6. The Morgan fingerprint density at radius 2 is 0.545 bits per heavy atom. The van der Waals surface area contributed by atoms with E-state index < -0.39 is 24.3 Å². The zero-order chi connectivity index (χ0) is 71.8. The summed E-state index contributed by atoms with van der Waals surface area (Å²) in [4.78, 5) is 37.7. The van der Waals surface area contributed by atoms with Crippen molar-refractivity contribution in [2.45, 2.75) is 450 Å².